The Hall–Kier alpha value is -1.06. The molecule has 0 saturated heterocycles. The smallest absolute Gasteiger partial charge is 0.122 e. The van der Waals surface area contributed by atoms with Crippen molar-refractivity contribution in [2.75, 3.05) is 13.7 Å². The van der Waals surface area contributed by atoms with Gasteiger partial charge in [-0.05, 0) is 48.4 Å². The summed E-state index contributed by atoms with van der Waals surface area (Å²) >= 11 is 0. The molecule has 94 valence electrons. The Morgan fingerprint density at radius 3 is 2.76 bits per heavy atom. The van der Waals surface area contributed by atoms with Gasteiger partial charge in [-0.25, -0.2) is 5.90 Å². The Morgan fingerprint density at radius 2 is 2.00 bits per heavy atom. The van der Waals surface area contributed by atoms with Crippen molar-refractivity contribution >= 4 is 0 Å². The van der Waals surface area contributed by atoms with Crippen LogP contribution >= 0.6 is 0 Å². The van der Waals surface area contributed by atoms with Crippen LogP contribution in [0.3, 0.4) is 0 Å². The lowest BCUT2D eigenvalue weighted by atomic mass is 9.94. The quantitative estimate of drug-likeness (QED) is 0.644. The number of ether oxygens (including phenoxy) is 1. The summed E-state index contributed by atoms with van der Waals surface area (Å²) in [5.41, 5.74) is 4.24. The SMILES string of the molecule is COc1ccc2c(c1CCON)CCCCC2. The first-order chi connectivity index (χ1) is 8.36. The van der Waals surface area contributed by atoms with Gasteiger partial charge >= 0.3 is 0 Å². The van der Waals surface area contributed by atoms with E-state index in [9.17, 15) is 0 Å². The summed E-state index contributed by atoms with van der Waals surface area (Å²) in [6.07, 6.45) is 7.08. The molecule has 0 fully saturated rings. The molecule has 1 aliphatic carbocycles. The largest absolute Gasteiger partial charge is 0.496 e. The van der Waals surface area contributed by atoms with Gasteiger partial charge in [0.15, 0.2) is 0 Å². The van der Waals surface area contributed by atoms with Crippen molar-refractivity contribution in [2.45, 2.75) is 38.5 Å². The molecule has 0 aromatic heterocycles. The first-order valence-corrected chi connectivity index (χ1v) is 6.36. The summed E-state index contributed by atoms with van der Waals surface area (Å²) in [6.45, 7) is 0.548. The summed E-state index contributed by atoms with van der Waals surface area (Å²) in [7, 11) is 1.73. The van der Waals surface area contributed by atoms with E-state index in [1.165, 1.54) is 42.4 Å². The molecule has 3 heteroatoms. The Labute approximate surface area is 103 Å². The van der Waals surface area contributed by atoms with Gasteiger partial charge < -0.3 is 9.57 Å². The zero-order chi connectivity index (χ0) is 12.1. The number of fused-ring (bicyclic) bond motifs is 1. The zero-order valence-electron chi connectivity index (χ0n) is 10.5. The van der Waals surface area contributed by atoms with E-state index in [-0.39, 0.29) is 0 Å². The fourth-order valence-corrected chi connectivity index (χ4v) is 2.69. The molecule has 0 aliphatic heterocycles. The molecular weight excluding hydrogens is 214 g/mol. The van der Waals surface area contributed by atoms with Gasteiger partial charge in [0.1, 0.15) is 5.75 Å². The monoisotopic (exact) mass is 235 g/mol. The van der Waals surface area contributed by atoms with Crippen molar-refractivity contribution in [3.05, 3.63) is 28.8 Å². The maximum atomic E-state index is 5.45. The lowest BCUT2D eigenvalue weighted by Crippen LogP contribution is -2.08. The topological polar surface area (TPSA) is 44.5 Å². The Bertz CT molecular complexity index is 377. The average Bonchev–Trinajstić information content (AvgIpc) is 2.60. The minimum absolute atomic E-state index is 0.548. The zero-order valence-corrected chi connectivity index (χ0v) is 10.5. The van der Waals surface area contributed by atoms with Crippen LogP contribution in [0.2, 0.25) is 0 Å². The maximum Gasteiger partial charge on any atom is 0.122 e. The number of methoxy groups -OCH3 is 1. The van der Waals surface area contributed by atoms with Crippen molar-refractivity contribution in [2.24, 2.45) is 5.90 Å². The second-order valence-electron chi connectivity index (χ2n) is 4.57. The summed E-state index contributed by atoms with van der Waals surface area (Å²) < 4.78 is 5.45. The Morgan fingerprint density at radius 1 is 1.18 bits per heavy atom. The van der Waals surface area contributed by atoms with E-state index < -0.39 is 0 Å². The van der Waals surface area contributed by atoms with E-state index in [0.717, 1.165) is 18.6 Å². The van der Waals surface area contributed by atoms with Gasteiger partial charge in [0.05, 0.1) is 13.7 Å². The molecule has 0 spiro atoms. The number of hydrogen-bond acceptors (Lipinski definition) is 3. The standard InChI is InChI=1S/C14H21NO2/c1-16-14-8-7-11-5-3-2-4-6-12(11)13(14)9-10-17-15/h7-8H,2-6,9-10,15H2,1H3. The van der Waals surface area contributed by atoms with Crippen LogP contribution in [0.4, 0.5) is 0 Å². The molecule has 0 heterocycles. The molecule has 1 aliphatic rings. The molecule has 0 amide bonds. The van der Waals surface area contributed by atoms with Gasteiger partial charge in [-0.2, -0.15) is 0 Å². The third-order valence-electron chi connectivity index (χ3n) is 3.55. The highest BCUT2D eigenvalue weighted by atomic mass is 16.6. The molecule has 0 radical (unpaired) electrons. The van der Waals surface area contributed by atoms with E-state index in [1.54, 1.807) is 7.11 Å². The molecule has 2 rings (SSSR count). The van der Waals surface area contributed by atoms with Crippen molar-refractivity contribution in [1.82, 2.24) is 0 Å². The molecule has 0 atom stereocenters. The van der Waals surface area contributed by atoms with Gasteiger partial charge in [-0.3, -0.25) is 0 Å². The van der Waals surface area contributed by atoms with Gasteiger partial charge in [-0.1, -0.05) is 12.5 Å². The molecule has 1 aromatic carbocycles. The number of benzene rings is 1. The molecule has 0 unspecified atom stereocenters. The van der Waals surface area contributed by atoms with Crippen LogP contribution in [0.5, 0.6) is 5.75 Å². The number of aryl methyl sites for hydroxylation is 1. The first-order valence-electron chi connectivity index (χ1n) is 6.36. The van der Waals surface area contributed by atoms with Crippen LogP contribution in [0.1, 0.15) is 36.0 Å². The average molecular weight is 235 g/mol. The minimum atomic E-state index is 0.548. The highest BCUT2D eigenvalue weighted by molar-refractivity contribution is 5.46. The second-order valence-corrected chi connectivity index (χ2v) is 4.57. The normalized spacial score (nSPS) is 15.2. The van der Waals surface area contributed by atoms with E-state index in [0.29, 0.717) is 6.61 Å². The molecule has 1 aromatic rings. The van der Waals surface area contributed by atoms with Crippen LogP contribution in [0, 0.1) is 0 Å². The lowest BCUT2D eigenvalue weighted by molar-refractivity contribution is 0.140. The lowest BCUT2D eigenvalue weighted by Gasteiger charge is -2.16. The van der Waals surface area contributed by atoms with Gasteiger partial charge in [0.2, 0.25) is 0 Å². The van der Waals surface area contributed by atoms with E-state index in [2.05, 4.69) is 12.1 Å². The van der Waals surface area contributed by atoms with Gasteiger partial charge in [0, 0.05) is 6.42 Å². The van der Waals surface area contributed by atoms with Crippen molar-refractivity contribution in [3.63, 3.8) is 0 Å². The minimum Gasteiger partial charge on any atom is -0.496 e. The predicted octanol–water partition coefficient (Wildman–Crippen LogP) is 2.40. The molecule has 0 saturated carbocycles. The molecule has 3 nitrogen and oxygen atoms in total. The Kier molecular flexibility index (Phi) is 4.40. The van der Waals surface area contributed by atoms with Crippen LogP contribution in [-0.4, -0.2) is 13.7 Å². The number of nitrogens with two attached hydrogens (primary N) is 1. The fourth-order valence-electron chi connectivity index (χ4n) is 2.69. The maximum absolute atomic E-state index is 5.45. The van der Waals surface area contributed by atoms with Crippen LogP contribution in [0.15, 0.2) is 12.1 Å². The molecule has 2 N–H and O–H groups in total. The van der Waals surface area contributed by atoms with Crippen LogP contribution < -0.4 is 10.6 Å². The molecule has 0 bridgehead atoms. The van der Waals surface area contributed by atoms with Crippen LogP contribution in [-0.2, 0) is 24.1 Å². The molecule has 17 heavy (non-hydrogen) atoms. The van der Waals surface area contributed by atoms with E-state index >= 15 is 0 Å². The summed E-state index contributed by atoms with van der Waals surface area (Å²) in [5, 5.41) is 0. The number of rotatable bonds is 4. The number of hydrogen-bond donors (Lipinski definition) is 1. The Balaban J connectivity index is 2.36. The second kappa shape index (κ2) is 6.03. The highest BCUT2D eigenvalue weighted by Gasteiger charge is 2.15. The predicted molar refractivity (Wildman–Crippen MR) is 68.1 cm³/mol. The van der Waals surface area contributed by atoms with Crippen LogP contribution in [0.25, 0.3) is 0 Å². The van der Waals surface area contributed by atoms with Crippen molar-refractivity contribution in [3.8, 4) is 5.75 Å². The first kappa shape index (κ1) is 12.4. The van der Waals surface area contributed by atoms with Crippen molar-refractivity contribution < 1.29 is 9.57 Å². The summed E-state index contributed by atoms with van der Waals surface area (Å²) in [6, 6.07) is 4.29. The summed E-state index contributed by atoms with van der Waals surface area (Å²) in [5.74, 6) is 6.11. The highest BCUT2D eigenvalue weighted by Crippen LogP contribution is 2.30. The summed E-state index contributed by atoms with van der Waals surface area (Å²) in [4.78, 5) is 4.71. The third-order valence-corrected chi connectivity index (χ3v) is 3.55. The van der Waals surface area contributed by atoms with E-state index in [4.69, 9.17) is 15.5 Å². The van der Waals surface area contributed by atoms with Crippen molar-refractivity contribution in [1.29, 1.82) is 0 Å². The van der Waals surface area contributed by atoms with Gasteiger partial charge in [0.25, 0.3) is 0 Å². The van der Waals surface area contributed by atoms with Gasteiger partial charge in [-0.15, -0.1) is 0 Å². The third kappa shape index (κ3) is 2.79. The van der Waals surface area contributed by atoms with E-state index in [1.807, 2.05) is 0 Å². The fraction of sp³-hybridized carbons (Fsp3) is 0.571. The molecular formula is C14H21NO2.